The normalized spacial score (nSPS) is 16.5. The van der Waals surface area contributed by atoms with E-state index in [2.05, 4.69) is 0 Å². The largest absolute Gasteiger partial charge is 0.339 e. The van der Waals surface area contributed by atoms with Crippen molar-refractivity contribution in [2.45, 2.75) is 46.1 Å². The second kappa shape index (κ2) is 8.20. The van der Waals surface area contributed by atoms with E-state index in [1.165, 1.54) is 11.6 Å². The maximum atomic E-state index is 13.8. The summed E-state index contributed by atoms with van der Waals surface area (Å²) in [5.41, 5.74) is 4.62. The van der Waals surface area contributed by atoms with Gasteiger partial charge in [0, 0.05) is 45.3 Å². The molecule has 0 saturated carbocycles. The van der Waals surface area contributed by atoms with Crippen molar-refractivity contribution in [3.05, 3.63) is 57.9 Å². The van der Waals surface area contributed by atoms with Crippen LogP contribution in [-0.2, 0) is 24.2 Å². The Labute approximate surface area is 175 Å². The van der Waals surface area contributed by atoms with Crippen LogP contribution in [-0.4, -0.2) is 52.4 Å². The van der Waals surface area contributed by atoms with E-state index in [0.717, 1.165) is 43.0 Å². The number of amides is 2. The van der Waals surface area contributed by atoms with Crippen molar-refractivity contribution in [2.75, 3.05) is 26.2 Å². The highest BCUT2D eigenvalue weighted by molar-refractivity contribution is 5.95. The Kier molecular flexibility index (Phi) is 5.62. The van der Waals surface area contributed by atoms with Crippen LogP contribution in [0.3, 0.4) is 0 Å². The molecular formula is C23H27F2N3O2. The highest BCUT2D eigenvalue weighted by Crippen LogP contribution is 2.31. The maximum absolute atomic E-state index is 13.8. The number of rotatable bonds is 3. The molecule has 0 N–H and O–H groups in total. The summed E-state index contributed by atoms with van der Waals surface area (Å²) in [6, 6.07) is 3.92. The highest BCUT2D eigenvalue weighted by atomic mass is 19.2. The lowest BCUT2D eigenvalue weighted by molar-refractivity contribution is -0.130. The summed E-state index contributed by atoms with van der Waals surface area (Å²) in [7, 11) is 0. The summed E-state index contributed by atoms with van der Waals surface area (Å²) >= 11 is 0. The molecule has 2 amide bonds. The first kappa shape index (κ1) is 20.6. The fourth-order valence-electron chi connectivity index (χ4n) is 4.72. The van der Waals surface area contributed by atoms with Gasteiger partial charge < -0.3 is 14.4 Å². The molecule has 2 heterocycles. The van der Waals surface area contributed by atoms with E-state index in [-0.39, 0.29) is 11.8 Å². The van der Waals surface area contributed by atoms with Gasteiger partial charge in [0.2, 0.25) is 5.91 Å². The third kappa shape index (κ3) is 3.73. The van der Waals surface area contributed by atoms with Crippen molar-refractivity contribution in [3.63, 3.8) is 0 Å². The minimum absolute atomic E-state index is 0.0236. The molecule has 1 aromatic carbocycles. The van der Waals surface area contributed by atoms with E-state index in [1.807, 2.05) is 11.5 Å². The predicted octanol–water partition coefficient (Wildman–Crippen LogP) is 3.31. The van der Waals surface area contributed by atoms with Gasteiger partial charge >= 0.3 is 0 Å². The van der Waals surface area contributed by atoms with Crippen LogP contribution in [0.15, 0.2) is 18.2 Å². The van der Waals surface area contributed by atoms with Crippen LogP contribution in [0.1, 0.15) is 52.6 Å². The topological polar surface area (TPSA) is 45.6 Å². The van der Waals surface area contributed by atoms with Gasteiger partial charge in [-0.25, -0.2) is 8.78 Å². The summed E-state index contributed by atoms with van der Waals surface area (Å²) in [6.07, 6.45) is 3.96. The molecule has 5 nitrogen and oxygen atoms in total. The van der Waals surface area contributed by atoms with Gasteiger partial charge in [0.1, 0.15) is 5.69 Å². The lowest BCUT2D eigenvalue weighted by Gasteiger charge is -2.34. The molecule has 1 aromatic heterocycles. The second-order valence-electron chi connectivity index (χ2n) is 8.24. The predicted molar refractivity (Wildman–Crippen MR) is 109 cm³/mol. The van der Waals surface area contributed by atoms with Crippen LogP contribution in [0.25, 0.3) is 0 Å². The summed E-state index contributed by atoms with van der Waals surface area (Å²) < 4.78 is 29.2. The van der Waals surface area contributed by atoms with Crippen LogP contribution >= 0.6 is 0 Å². The standard InChI is InChI=1S/C23H27F2N3O2/c1-15-18-5-3-4-6-21(18)28(14-17-7-8-19(24)20(25)13-17)22(15)23(30)27-11-9-26(10-12-27)16(2)29/h7-8,13H,3-6,9-12,14H2,1-2H3. The molecule has 160 valence electrons. The van der Waals surface area contributed by atoms with Crippen LogP contribution in [0.5, 0.6) is 0 Å². The van der Waals surface area contributed by atoms with Crippen LogP contribution < -0.4 is 0 Å². The molecule has 0 bridgehead atoms. The number of nitrogens with zero attached hydrogens (tertiary/aromatic N) is 3. The van der Waals surface area contributed by atoms with Crippen molar-refractivity contribution in [2.24, 2.45) is 0 Å². The van der Waals surface area contributed by atoms with Crippen molar-refractivity contribution >= 4 is 11.8 Å². The van der Waals surface area contributed by atoms with Crippen molar-refractivity contribution in [3.8, 4) is 0 Å². The lowest BCUT2D eigenvalue weighted by Crippen LogP contribution is -2.50. The number of fused-ring (bicyclic) bond motifs is 1. The second-order valence-corrected chi connectivity index (χ2v) is 8.24. The van der Waals surface area contributed by atoms with Crippen molar-refractivity contribution < 1.29 is 18.4 Å². The van der Waals surface area contributed by atoms with Gasteiger partial charge in [-0.1, -0.05) is 6.07 Å². The van der Waals surface area contributed by atoms with Gasteiger partial charge in [-0.3, -0.25) is 9.59 Å². The summed E-state index contributed by atoms with van der Waals surface area (Å²) in [5, 5.41) is 0. The monoisotopic (exact) mass is 415 g/mol. The Morgan fingerprint density at radius 2 is 1.63 bits per heavy atom. The molecule has 1 aliphatic carbocycles. The van der Waals surface area contributed by atoms with E-state index in [9.17, 15) is 18.4 Å². The van der Waals surface area contributed by atoms with E-state index in [4.69, 9.17) is 0 Å². The first-order valence-corrected chi connectivity index (χ1v) is 10.6. The summed E-state index contributed by atoms with van der Waals surface area (Å²) in [6.45, 7) is 5.93. The fourth-order valence-corrected chi connectivity index (χ4v) is 4.72. The molecule has 4 rings (SSSR count). The van der Waals surface area contributed by atoms with E-state index in [1.54, 1.807) is 22.8 Å². The van der Waals surface area contributed by atoms with E-state index < -0.39 is 11.6 Å². The third-order valence-corrected chi connectivity index (χ3v) is 6.38. The molecule has 2 aromatic rings. The van der Waals surface area contributed by atoms with Crippen molar-refractivity contribution in [1.29, 1.82) is 0 Å². The zero-order valence-corrected chi connectivity index (χ0v) is 17.5. The molecule has 1 saturated heterocycles. The number of carbonyl (C=O) groups excluding carboxylic acids is 2. The smallest absolute Gasteiger partial charge is 0.270 e. The molecule has 0 atom stereocenters. The Bertz CT molecular complexity index is 991. The first-order valence-electron chi connectivity index (χ1n) is 10.6. The molecule has 30 heavy (non-hydrogen) atoms. The van der Waals surface area contributed by atoms with Crippen LogP contribution in [0, 0.1) is 18.6 Å². The molecule has 1 fully saturated rings. The Hall–Kier alpha value is -2.70. The van der Waals surface area contributed by atoms with Gasteiger partial charge in [0.05, 0.1) is 0 Å². The van der Waals surface area contributed by atoms with E-state index >= 15 is 0 Å². The molecule has 0 spiro atoms. The molecule has 7 heteroatoms. The number of benzene rings is 1. The number of piperazine rings is 1. The number of hydrogen-bond donors (Lipinski definition) is 0. The minimum atomic E-state index is -0.876. The van der Waals surface area contributed by atoms with Gasteiger partial charge in [0.25, 0.3) is 5.91 Å². The van der Waals surface area contributed by atoms with Crippen molar-refractivity contribution in [1.82, 2.24) is 14.4 Å². The molecule has 2 aliphatic rings. The zero-order chi connectivity index (χ0) is 21.4. The SMILES string of the molecule is CC(=O)N1CCN(C(=O)c2c(C)c3c(n2Cc2ccc(F)c(F)c2)CCCC3)CC1. The van der Waals surface area contributed by atoms with Gasteiger partial charge in [-0.05, 0) is 61.4 Å². The number of halogens is 2. The average molecular weight is 415 g/mol. The highest BCUT2D eigenvalue weighted by Gasteiger charge is 2.31. The summed E-state index contributed by atoms with van der Waals surface area (Å²) in [5.74, 6) is -1.77. The fraction of sp³-hybridized carbons (Fsp3) is 0.478. The number of hydrogen-bond acceptors (Lipinski definition) is 2. The van der Waals surface area contributed by atoms with Crippen LogP contribution in [0.4, 0.5) is 8.78 Å². The molecule has 0 radical (unpaired) electrons. The van der Waals surface area contributed by atoms with Crippen LogP contribution in [0.2, 0.25) is 0 Å². The van der Waals surface area contributed by atoms with Gasteiger partial charge in [-0.2, -0.15) is 0 Å². The molecular weight excluding hydrogens is 388 g/mol. The molecule has 1 aliphatic heterocycles. The minimum Gasteiger partial charge on any atom is -0.339 e. The summed E-state index contributed by atoms with van der Waals surface area (Å²) in [4.78, 5) is 28.7. The van der Waals surface area contributed by atoms with Gasteiger partial charge in [-0.15, -0.1) is 0 Å². The number of carbonyl (C=O) groups is 2. The molecule has 0 unspecified atom stereocenters. The Morgan fingerprint density at radius 3 is 2.30 bits per heavy atom. The maximum Gasteiger partial charge on any atom is 0.270 e. The zero-order valence-electron chi connectivity index (χ0n) is 17.5. The average Bonchev–Trinajstić information content (AvgIpc) is 3.02. The Morgan fingerprint density at radius 1 is 0.967 bits per heavy atom. The van der Waals surface area contributed by atoms with E-state index in [0.29, 0.717) is 44.0 Å². The number of aromatic nitrogens is 1. The van der Waals surface area contributed by atoms with Gasteiger partial charge in [0.15, 0.2) is 11.6 Å². The quantitative estimate of drug-likeness (QED) is 0.772. The Balaban J connectivity index is 1.68. The third-order valence-electron chi connectivity index (χ3n) is 6.38. The first-order chi connectivity index (χ1) is 14.4. The lowest BCUT2D eigenvalue weighted by atomic mass is 9.95.